The van der Waals surface area contributed by atoms with Gasteiger partial charge < -0.3 is 13.9 Å². The van der Waals surface area contributed by atoms with E-state index in [-0.39, 0.29) is 11.8 Å². The average molecular weight is 594 g/mol. The van der Waals surface area contributed by atoms with Crippen molar-refractivity contribution >= 4 is 25.5 Å². The van der Waals surface area contributed by atoms with Crippen LogP contribution in [0.2, 0.25) is 19.6 Å². The van der Waals surface area contributed by atoms with E-state index in [0.717, 1.165) is 37.8 Å². The van der Waals surface area contributed by atoms with Crippen molar-refractivity contribution in [1.29, 1.82) is 0 Å². The maximum atomic E-state index is 13.0. The van der Waals surface area contributed by atoms with Gasteiger partial charge in [0.25, 0.3) is 5.78 Å². The van der Waals surface area contributed by atoms with Crippen LogP contribution in [0.1, 0.15) is 32.3 Å². The van der Waals surface area contributed by atoms with Gasteiger partial charge in [0.15, 0.2) is 0 Å². The molecule has 41 heavy (non-hydrogen) atoms. The summed E-state index contributed by atoms with van der Waals surface area (Å²) < 4.78 is 84.6. The zero-order chi connectivity index (χ0) is 30.2. The Kier molecular flexibility index (Phi) is 8.64. The maximum absolute atomic E-state index is 13.0. The summed E-state index contributed by atoms with van der Waals surface area (Å²) in [5.41, 5.74) is 4.85. The second-order valence-electron chi connectivity index (χ2n) is 11.6. The zero-order valence-electron chi connectivity index (χ0n) is 23.8. The van der Waals surface area contributed by atoms with Crippen molar-refractivity contribution in [3.05, 3.63) is 95.1 Å². The first-order valence-corrected chi connectivity index (χ1v) is 16.8. The van der Waals surface area contributed by atoms with Crippen molar-refractivity contribution in [2.24, 2.45) is 5.92 Å². The third-order valence-electron chi connectivity index (χ3n) is 7.10. The van der Waals surface area contributed by atoms with Crippen LogP contribution >= 0.6 is 0 Å². The first-order valence-electron chi connectivity index (χ1n) is 13.4. The van der Waals surface area contributed by atoms with Gasteiger partial charge >= 0.3 is 20.7 Å². The van der Waals surface area contributed by atoms with E-state index in [4.69, 9.17) is 4.11 Å². The van der Waals surface area contributed by atoms with E-state index in [1.54, 1.807) is 24.3 Å². The number of carbonyl (C=O) groups excluding carboxylic acids is 1. The number of alkyl halides is 6. The van der Waals surface area contributed by atoms with Gasteiger partial charge in [-0.25, -0.2) is 0 Å². The SMILES string of the molecule is CN(CC(F)(F)F)c1ccc(C(c2ccc(N(C)CC(F)(F)F)cc2)[C@H]2Cc3ccccc3C2=[O+][Si](C)(C)C)cc1. The van der Waals surface area contributed by atoms with E-state index >= 15 is 0 Å². The number of hydrogen-bond donors (Lipinski definition) is 0. The van der Waals surface area contributed by atoms with Crippen molar-refractivity contribution in [3.63, 3.8) is 0 Å². The number of anilines is 2. The molecule has 0 N–H and O–H groups in total. The van der Waals surface area contributed by atoms with E-state index in [1.807, 2.05) is 42.5 Å². The Hall–Kier alpha value is -3.27. The van der Waals surface area contributed by atoms with Gasteiger partial charge in [-0.1, -0.05) is 42.5 Å². The fraction of sp³-hybridized carbons (Fsp3) is 0.387. The molecule has 1 aliphatic rings. The molecule has 0 fully saturated rings. The molecule has 10 heteroatoms. The zero-order valence-corrected chi connectivity index (χ0v) is 24.8. The Balaban J connectivity index is 1.78. The molecule has 3 nitrogen and oxygen atoms in total. The highest BCUT2D eigenvalue weighted by Crippen LogP contribution is 2.42. The predicted molar refractivity (Wildman–Crippen MR) is 155 cm³/mol. The van der Waals surface area contributed by atoms with Crippen LogP contribution in [0.15, 0.2) is 72.8 Å². The van der Waals surface area contributed by atoms with Crippen LogP contribution in [-0.4, -0.2) is 53.6 Å². The Morgan fingerprint density at radius 1 is 0.732 bits per heavy atom. The average Bonchev–Trinajstić information content (AvgIpc) is 3.19. The summed E-state index contributed by atoms with van der Waals surface area (Å²) in [5.74, 6) is 0.552. The number of hydrogen-bond acceptors (Lipinski definition) is 2. The number of fused-ring (bicyclic) bond motifs is 1. The Morgan fingerprint density at radius 2 is 1.17 bits per heavy atom. The quantitative estimate of drug-likeness (QED) is 0.149. The number of rotatable bonds is 8. The second kappa shape index (κ2) is 11.5. The highest BCUT2D eigenvalue weighted by Gasteiger charge is 2.45. The fourth-order valence-electron chi connectivity index (χ4n) is 5.45. The van der Waals surface area contributed by atoms with Crippen LogP contribution < -0.4 is 9.80 Å². The molecule has 1 aliphatic carbocycles. The third-order valence-corrected chi connectivity index (χ3v) is 7.93. The minimum absolute atomic E-state index is 0.100. The molecule has 0 saturated carbocycles. The molecule has 0 aromatic heterocycles. The van der Waals surface area contributed by atoms with E-state index in [2.05, 4.69) is 25.7 Å². The van der Waals surface area contributed by atoms with Gasteiger partial charge in [-0.15, -0.1) is 0 Å². The summed E-state index contributed by atoms with van der Waals surface area (Å²) in [4.78, 5) is 2.31. The molecule has 0 bridgehead atoms. The standard InChI is InChI=1S/C31H35F6N2OSi/c1-38(19-30(32,33)34)24-14-10-21(11-15-24)28(22-12-16-25(17-13-22)39(2)20-31(35,36)37)27-18-23-8-6-7-9-26(23)29(27)40-41(3,4)5/h6-17,27-28H,18-20H2,1-5H3/q+1/t27-/m1/s1. The minimum atomic E-state index is -4.33. The molecule has 0 radical (unpaired) electrons. The van der Waals surface area contributed by atoms with Crippen LogP contribution in [0, 0.1) is 5.92 Å². The van der Waals surface area contributed by atoms with Crippen molar-refractivity contribution in [1.82, 2.24) is 0 Å². The van der Waals surface area contributed by atoms with E-state index in [1.165, 1.54) is 14.1 Å². The minimum Gasteiger partial charge on any atom is -0.375 e. The third kappa shape index (κ3) is 7.93. The van der Waals surface area contributed by atoms with Crippen LogP contribution in [0.5, 0.6) is 0 Å². The first kappa shape index (κ1) is 30.7. The molecule has 4 rings (SSSR count). The molecule has 0 aliphatic heterocycles. The summed E-state index contributed by atoms with van der Waals surface area (Å²) in [7, 11) is 0.763. The highest BCUT2D eigenvalue weighted by molar-refractivity contribution is 6.68. The van der Waals surface area contributed by atoms with Crippen LogP contribution in [-0.2, 0) is 6.42 Å². The van der Waals surface area contributed by atoms with Crippen molar-refractivity contribution < 1.29 is 30.5 Å². The van der Waals surface area contributed by atoms with Gasteiger partial charge in [0.2, 0.25) is 0 Å². The lowest BCUT2D eigenvalue weighted by Crippen LogP contribution is -2.31. The number of ketones is 1. The molecule has 0 spiro atoms. The normalized spacial score (nSPS) is 16.8. The van der Waals surface area contributed by atoms with Crippen LogP contribution in [0.25, 0.3) is 0 Å². The summed E-state index contributed by atoms with van der Waals surface area (Å²) in [5, 5.41) is 0. The Morgan fingerprint density at radius 3 is 1.59 bits per heavy atom. The van der Waals surface area contributed by atoms with Crippen LogP contribution in [0.3, 0.4) is 0 Å². The van der Waals surface area contributed by atoms with Crippen molar-refractivity contribution in [2.75, 3.05) is 37.0 Å². The van der Waals surface area contributed by atoms with Crippen LogP contribution in [0.4, 0.5) is 37.7 Å². The van der Waals surface area contributed by atoms with Gasteiger partial charge in [-0.2, -0.15) is 26.3 Å². The maximum Gasteiger partial charge on any atom is 0.508 e. The summed E-state index contributed by atoms with van der Waals surface area (Å²) in [6, 6.07) is 22.2. The topological polar surface area (TPSA) is 17.8 Å². The molecule has 0 unspecified atom stereocenters. The van der Waals surface area contributed by atoms with E-state index in [0.29, 0.717) is 17.8 Å². The number of halogens is 6. The summed E-state index contributed by atoms with van der Waals surface area (Å²) >= 11 is 0. The van der Waals surface area contributed by atoms with Gasteiger partial charge in [-0.05, 0) is 53.4 Å². The second-order valence-corrected chi connectivity index (χ2v) is 16.1. The molecule has 0 saturated heterocycles. The van der Waals surface area contributed by atoms with Gasteiger partial charge in [0, 0.05) is 51.0 Å². The highest BCUT2D eigenvalue weighted by atomic mass is 28.4. The molecule has 3 aromatic rings. The Bertz CT molecular complexity index is 1300. The first-order chi connectivity index (χ1) is 19.0. The van der Waals surface area contributed by atoms with E-state index in [9.17, 15) is 26.3 Å². The van der Waals surface area contributed by atoms with Gasteiger partial charge in [-0.3, -0.25) is 0 Å². The Labute approximate surface area is 238 Å². The van der Waals surface area contributed by atoms with Gasteiger partial charge in [0.1, 0.15) is 13.1 Å². The predicted octanol–water partition coefficient (Wildman–Crippen LogP) is 8.24. The largest absolute Gasteiger partial charge is 0.508 e. The molecule has 0 heterocycles. The number of benzene rings is 3. The van der Waals surface area contributed by atoms with E-state index < -0.39 is 33.8 Å². The number of nitrogens with zero attached hydrogens (tertiary/aromatic N) is 2. The lowest BCUT2D eigenvalue weighted by Gasteiger charge is -2.26. The molecule has 0 amide bonds. The molecule has 220 valence electrons. The van der Waals surface area contributed by atoms with Crippen molar-refractivity contribution in [2.45, 2.75) is 44.3 Å². The monoisotopic (exact) mass is 593 g/mol. The lowest BCUT2D eigenvalue weighted by atomic mass is 9.78. The smallest absolute Gasteiger partial charge is 0.375 e. The molecule has 1 atom stereocenters. The molecular formula is C31H35F6N2OSi+. The molecule has 3 aromatic carbocycles. The summed E-state index contributed by atoms with van der Waals surface area (Å²) in [6.07, 6.45) is -7.96. The lowest BCUT2D eigenvalue weighted by molar-refractivity contribution is -0.120. The summed E-state index contributed by atoms with van der Waals surface area (Å²) in [6.45, 7) is 4.21. The molecular weight excluding hydrogens is 558 g/mol. The fourth-order valence-corrected chi connectivity index (χ4v) is 6.37. The van der Waals surface area contributed by atoms with Gasteiger partial charge in [0.05, 0.1) is 11.5 Å². The van der Waals surface area contributed by atoms with Crippen molar-refractivity contribution in [3.8, 4) is 0 Å².